The van der Waals surface area contributed by atoms with Gasteiger partial charge in [0.1, 0.15) is 5.75 Å². The maximum absolute atomic E-state index is 9.62. The van der Waals surface area contributed by atoms with Crippen molar-refractivity contribution in [2.24, 2.45) is 11.7 Å². The quantitative estimate of drug-likeness (QED) is 0.723. The second-order valence-corrected chi connectivity index (χ2v) is 3.90. The van der Waals surface area contributed by atoms with Gasteiger partial charge in [-0.2, -0.15) is 0 Å². The number of phenols is 1. The first-order valence-electron chi connectivity index (χ1n) is 4.72. The molecule has 1 aromatic carbocycles. The summed E-state index contributed by atoms with van der Waals surface area (Å²) < 4.78 is 0. The highest BCUT2D eigenvalue weighted by Crippen LogP contribution is 2.49. The lowest BCUT2D eigenvalue weighted by Gasteiger charge is -2.04. The Kier molecular flexibility index (Phi) is 2.00. The Bertz CT molecular complexity index is 322. The van der Waals surface area contributed by atoms with Crippen LogP contribution in [0.1, 0.15) is 23.5 Å². The first-order valence-corrected chi connectivity index (χ1v) is 4.72. The summed E-state index contributed by atoms with van der Waals surface area (Å²) in [5, 5.41) is 9.62. The van der Waals surface area contributed by atoms with Crippen molar-refractivity contribution in [2.45, 2.75) is 19.3 Å². The highest BCUT2D eigenvalue weighted by atomic mass is 16.3. The van der Waals surface area contributed by atoms with Crippen LogP contribution in [0.3, 0.4) is 0 Å². The summed E-state index contributed by atoms with van der Waals surface area (Å²) >= 11 is 0. The maximum Gasteiger partial charge on any atom is 0.119 e. The number of aromatic hydroxyl groups is 1. The van der Waals surface area contributed by atoms with Crippen LogP contribution in [0.5, 0.6) is 5.75 Å². The van der Waals surface area contributed by atoms with E-state index in [-0.39, 0.29) is 0 Å². The normalized spacial score (nSPS) is 26.0. The zero-order chi connectivity index (χ0) is 9.42. The van der Waals surface area contributed by atoms with Gasteiger partial charge in [-0.1, -0.05) is 17.7 Å². The third-order valence-electron chi connectivity index (χ3n) is 2.81. The molecule has 0 spiro atoms. The molecule has 0 bridgehead atoms. The molecule has 2 nitrogen and oxygen atoms in total. The second kappa shape index (κ2) is 3.04. The first kappa shape index (κ1) is 8.57. The van der Waals surface area contributed by atoms with Gasteiger partial charge in [0, 0.05) is 0 Å². The number of rotatable bonds is 2. The lowest BCUT2D eigenvalue weighted by atomic mass is 10.1. The predicted molar refractivity (Wildman–Crippen MR) is 52.7 cm³/mol. The molecule has 3 N–H and O–H groups in total. The highest BCUT2D eigenvalue weighted by molar-refractivity contribution is 5.41. The average Bonchev–Trinajstić information content (AvgIpc) is 2.88. The summed E-state index contributed by atoms with van der Waals surface area (Å²) in [5.74, 6) is 1.52. The molecule has 0 aromatic heterocycles. The van der Waals surface area contributed by atoms with Gasteiger partial charge in [-0.3, -0.25) is 0 Å². The van der Waals surface area contributed by atoms with Crippen LogP contribution in [0.25, 0.3) is 0 Å². The van der Waals surface area contributed by atoms with Gasteiger partial charge in [-0.05, 0) is 43.4 Å². The Morgan fingerprint density at radius 2 is 2.31 bits per heavy atom. The molecule has 0 aliphatic heterocycles. The molecule has 0 radical (unpaired) electrons. The molecule has 1 fully saturated rings. The van der Waals surface area contributed by atoms with Crippen LogP contribution in [0.4, 0.5) is 0 Å². The average molecular weight is 177 g/mol. The molecule has 2 rings (SSSR count). The molecule has 1 aliphatic rings. The van der Waals surface area contributed by atoms with E-state index in [0.717, 1.165) is 18.5 Å². The molecule has 70 valence electrons. The maximum atomic E-state index is 9.62. The number of aryl methyl sites for hydroxylation is 1. The van der Waals surface area contributed by atoms with Crippen molar-refractivity contribution in [1.29, 1.82) is 0 Å². The van der Waals surface area contributed by atoms with E-state index in [1.165, 1.54) is 5.56 Å². The topological polar surface area (TPSA) is 46.2 Å². The van der Waals surface area contributed by atoms with E-state index >= 15 is 0 Å². The number of nitrogens with two attached hydrogens (primary N) is 1. The van der Waals surface area contributed by atoms with Crippen molar-refractivity contribution < 1.29 is 5.11 Å². The molecule has 2 heteroatoms. The van der Waals surface area contributed by atoms with Crippen LogP contribution < -0.4 is 5.73 Å². The van der Waals surface area contributed by atoms with Gasteiger partial charge in [0.2, 0.25) is 0 Å². The van der Waals surface area contributed by atoms with Gasteiger partial charge in [0.05, 0.1) is 0 Å². The summed E-state index contributed by atoms with van der Waals surface area (Å²) in [6, 6.07) is 5.77. The molecule has 2 unspecified atom stereocenters. The molecular weight excluding hydrogens is 162 g/mol. The van der Waals surface area contributed by atoms with E-state index < -0.39 is 0 Å². The molecule has 13 heavy (non-hydrogen) atoms. The smallest absolute Gasteiger partial charge is 0.119 e. The molecule has 2 atom stereocenters. The number of phenolic OH excluding ortho intramolecular Hbond substituents is 1. The van der Waals surface area contributed by atoms with Gasteiger partial charge in [0.25, 0.3) is 0 Å². The summed E-state index contributed by atoms with van der Waals surface area (Å²) in [5.41, 5.74) is 7.85. The zero-order valence-electron chi connectivity index (χ0n) is 7.83. The molecular formula is C11H15NO. The Morgan fingerprint density at radius 1 is 1.54 bits per heavy atom. The monoisotopic (exact) mass is 177 g/mol. The van der Waals surface area contributed by atoms with Crippen LogP contribution in [-0.2, 0) is 0 Å². The lowest BCUT2D eigenvalue weighted by molar-refractivity contribution is 0.467. The van der Waals surface area contributed by atoms with Crippen molar-refractivity contribution in [3.05, 3.63) is 29.3 Å². The predicted octanol–water partition coefficient (Wildman–Crippen LogP) is 1.76. The zero-order valence-corrected chi connectivity index (χ0v) is 7.83. The van der Waals surface area contributed by atoms with Gasteiger partial charge in [0.15, 0.2) is 0 Å². The van der Waals surface area contributed by atoms with Crippen molar-refractivity contribution >= 4 is 0 Å². The van der Waals surface area contributed by atoms with Crippen LogP contribution in [-0.4, -0.2) is 11.7 Å². The Morgan fingerprint density at radius 3 is 2.92 bits per heavy atom. The van der Waals surface area contributed by atoms with Crippen LogP contribution in [0, 0.1) is 12.8 Å². The van der Waals surface area contributed by atoms with E-state index in [9.17, 15) is 5.11 Å². The first-order chi connectivity index (χ1) is 6.22. The van der Waals surface area contributed by atoms with Crippen molar-refractivity contribution in [1.82, 2.24) is 0 Å². The summed E-state index contributed by atoms with van der Waals surface area (Å²) in [6.07, 6.45) is 1.13. The lowest BCUT2D eigenvalue weighted by Crippen LogP contribution is -2.02. The fourth-order valence-corrected chi connectivity index (χ4v) is 1.86. The Labute approximate surface area is 78.4 Å². The molecule has 1 aromatic rings. The van der Waals surface area contributed by atoms with Crippen LogP contribution >= 0.6 is 0 Å². The second-order valence-electron chi connectivity index (χ2n) is 3.90. The van der Waals surface area contributed by atoms with E-state index in [2.05, 4.69) is 6.07 Å². The number of hydrogen-bond donors (Lipinski definition) is 2. The van der Waals surface area contributed by atoms with Gasteiger partial charge < -0.3 is 10.8 Å². The molecule has 0 amide bonds. The van der Waals surface area contributed by atoms with Crippen LogP contribution in [0.2, 0.25) is 0 Å². The van der Waals surface area contributed by atoms with E-state index in [0.29, 0.717) is 17.6 Å². The molecule has 0 saturated heterocycles. The van der Waals surface area contributed by atoms with Gasteiger partial charge in [-0.15, -0.1) is 0 Å². The Hall–Kier alpha value is -1.02. The SMILES string of the molecule is Cc1ccc(O)c(C2CC2CN)c1. The fraction of sp³-hybridized carbons (Fsp3) is 0.455. The minimum atomic E-state index is 0.423. The summed E-state index contributed by atoms with van der Waals surface area (Å²) in [6.45, 7) is 2.78. The van der Waals surface area contributed by atoms with Crippen molar-refractivity contribution in [3.63, 3.8) is 0 Å². The Balaban J connectivity index is 2.25. The minimum absolute atomic E-state index is 0.423. The summed E-state index contributed by atoms with van der Waals surface area (Å²) in [7, 11) is 0. The highest BCUT2D eigenvalue weighted by Gasteiger charge is 2.38. The summed E-state index contributed by atoms with van der Waals surface area (Å²) in [4.78, 5) is 0. The fourth-order valence-electron chi connectivity index (χ4n) is 1.86. The van der Waals surface area contributed by atoms with E-state index in [1.807, 2.05) is 13.0 Å². The van der Waals surface area contributed by atoms with Crippen LogP contribution in [0.15, 0.2) is 18.2 Å². The minimum Gasteiger partial charge on any atom is -0.508 e. The van der Waals surface area contributed by atoms with E-state index in [1.54, 1.807) is 6.07 Å². The largest absolute Gasteiger partial charge is 0.508 e. The van der Waals surface area contributed by atoms with Crippen molar-refractivity contribution in [3.8, 4) is 5.75 Å². The third-order valence-corrected chi connectivity index (χ3v) is 2.81. The van der Waals surface area contributed by atoms with Gasteiger partial charge in [-0.25, -0.2) is 0 Å². The molecule has 1 saturated carbocycles. The van der Waals surface area contributed by atoms with E-state index in [4.69, 9.17) is 5.73 Å². The number of benzene rings is 1. The van der Waals surface area contributed by atoms with Crippen molar-refractivity contribution in [2.75, 3.05) is 6.54 Å². The third kappa shape index (κ3) is 1.54. The molecule has 0 heterocycles. The number of hydrogen-bond acceptors (Lipinski definition) is 2. The van der Waals surface area contributed by atoms with Gasteiger partial charge >= 0.3 is 0 Å². The standard InChI is InChI=1S/C11H15NO/c1-7-2-3-11(13)10(4-7)9-5-8(9)6-12/h2-4,8-9,13H,5-6,12H2,1H3. The molecule has 1 aliphatic carbocycles.